The number of nitrogens with zero attached hydrogens (tertiary/aromatic N) is 1. The quantitative estimate of drug-likeness (QED) is 0.838. The molecular weight excluding hydrogens is 228 g/mol. The lowest BCUT2D eigenvalue weighted by Gasteiger charge is -1.97. The first kappa shape index (κ1) is 12.1. The smallest absolute Gasteiger partial charge is 0.273 e. The first-order valence-electron chi connectivity index (χ1n) is 5.64. The fraction of sp³-hybridized carbons (Fsp3) is 0.143. The molecule has 0 bridgehead atoms. The molecular formula is C14H14N2O2. The minimum Gasteiger partial charge on any atom is -0.441 e. The van der Waals surface area contributed by atoms with Crippen molar-refractivity contribution in [2.45, 2.75) is 6.92 Å². The molecule has 1 amide bonds. The molecule has 0 unspecified atom stereocenters. The summed E-state index contributed by atoms with van der Waals surface area (Å²) < 4.78 is 5.50. The summed E-state index contributed by atoms with van der Waals surface area (Å²) in [5, 5.41) is 2.67. The third-order valence-electron chi connectivity index (χ3n) is 2.44. The summed E-state index contributed by atoms with van der Waals surface area (Å²) in [6.45, 7) is 5.68. The number of hydrogen-bond acceptors (Lipinski definition) is 3. The van der Waals surface area contributed by atoms with Crippen LogP contribution in [0.1, 0.15) is 16.2 Å². The van der Waals surface area contributed by atoms with Gasteiger partial charge in [0.25, 0.3) is 5.91 Å². The van der Waals surface area contributed by atoms with Crippen LogP contribution in [0.5, 0.6) is 0 Å². The lowest BCUT2D eigenvalue weighted by Crippen LogP contribution is -2.24. The van der Waals surface area contributed by atoms with Crippen LogP contribution in [0.25, 0.3) is 11.5 Å². The first-order chi connectivity index (χ1) is 8.72. The molecule has 0 aliphatic carbocycles. The fourth-order valence-electron chi connectivity index (χ4n) is 1.56. The number of benzene rings is 1. The van der Waals surface area contributed by atoms with Gasteiger partial charge in [0.1, 0.15) is 5.76 Å². The van der Waals surface area contributed by atoms with E-state index in [0.29, 0.717) is 23.9 Å². The summed E-state index contributed by atoms with van der Waals surface area (Å²) in [5.41, 5.74) is 1.17. The molecule has 0 spiro atoms. The highest BCUT2D eigenvalue weighted by molar-refractivity contribution is 5.93. The highest BCUT2D eigenvalue weighted by Gasteiger charge is 2.17. The van der Waals surface area contributed by atoms with E-state index < -0.39 is 0 Å². The molecule has 1 aromatic carbocycles. The summed E-state index contributed by atoms with van der Waals surface area (Å²) in [6, 6.07) is 9.48. The summed E-state index contributed by atoms with van der Waals surface area (Å²) in [4.78, 5) is 16.0. The maximum Gasteiger partial charge on any atom is 0.273 e. The highest BCUT2D eigenvalue weighted by atomic mass is 16.4. The Morgan fingerprint density at radius 3 is 2.83 bits per heavy atom. The minimum atomic E-state index is -0.252. The molecule has 1 heterocycles. The standard InChI is InChI=1S/C14H14N2O2/c1-3-9-15-13(17)12-10(2)18-14(16-12)11-7-5-4-6-8-11/h3-8H,1,9H2,2H3,(H,15,17). The molecule has 0 atom stereocenters. The van der Waals surface area contributed by atoms with Gasteiger partial charge in [-0.05, 0) is 19.1 Å². The summed E-state index contributed by atoms with van der Waals surface area (Å²) in [6.07, 6.45) is 1.62. The maximum atomic E-state index is 11.8. The number of aryl methyl sites for hydroxylation is 1. The van der Waals surface area contributed by atoms with Gasteiger partial charge in [-0.2, -0.15) is 0 Å². The van der Waals surface area contributed by atoms with Gasteiger partial charge in [0.05, 0.1) is 0 Å². The first-order valence-corrected chi connectivity index (χ1v) is 5.64. The second-order valence-corrected chi connectivity index (χ2v) is 3.79. The molecule has 0 saturated carbocycles. The Morgan fingerprint density at radius 2 is 2.17 bits per heavy atom. The molecule has 1 aromatic heterocycles. The zero-order chi connectivity index (χ0) is 13.0. The lowest BCUT2D eigenvalue weighted by atomic mass is 10.2. The average molecular weight is 242 g/mol. The summed E-state index contributed by atoms with van der Waals surface area (Å²) >= 11 is 0. The average Bonchev–Trinajstić information content (AvgIpc) is 2.79. The van der Waals surface area contributed by atoms with Crippen LogP contribution in [0.3, 0.4) is 0 Å². The third-order valence-corrected chi connectivity index (χ3v) is 2.44. The van der Waals surface area contributed by atoms with Crippen molar-refractivity contribution in [3.8, 4) is 11.5 Å². The van der Waals surface area contributed by atoms with Gasteiger partial charge in [0.15, 0.2) is 5.69 Å². The zero-order valence-electron chi connectivity index (χ0n) is 10.1. The predicted octanol–water partition coefficient (Wildman–Crippen LogP) is 2.57. The molecule has 2 aromatic rings. The number of carbonyl (C=O) groups excluding carboxylic acids is 1. The molecule has 0 radical (unpaired) electrons. The van der Waals surface area contributed by atoms with Gasteiger partial charge in [0.2, 0.25) is 5.89 Å². The molecule has 4 nitrogen and oxygen atoms in total. The highest BCUT2D eigenvalue weighted by Crippen LogP contribution is 2.21. The van der Waals surface area contributed by atoms with Gasteiger partial charge in [0, 0.05) is 12.1 Å². The Morgan fingerprint density at radius 1 is 1.44 bits per heavy atom. The van der Waals surface area contributed by atoms with E-state index in [1.54, 1.807) is 13.0 Å². The molecule has 18 heavy (non-hydrogen) atoms. The number of oxazole rings is 1. The van der Waals surface area contributed by atoms with Crippen molar-refractivity contribution in [3.05, 3.63) is 54.4 Å². The van der Waals surface area contributed by atoms with Crippen molar-refractivity contribution in [1.29, 1.82) is 0 Å². The van der Waals surface area contributed by atoms with Gasteiger partial charge in [-0.15, -0.1) is 6.58 Å². The molecule has 1 N–H and O–H groups in total. The molecule has 0 aliphatic heterocycles. The van der Waals surface area contributed by atoms with E-state index in [4.69, 9.17) is 4.42 Å². The van der Waals surface area contributed by atoms with E-state index in [2.05, 4.69) is 16.9 Å². The normalized spacial score (nSPS) is 10.1. The minimum absolute atomic E-state index is 0.252. The van der Waals surface area contributed by atoms with Crippen molar-refractivity contribution < 1.29 is 9.21 Å². The van der Waals surface area contributed by atoms with E-state index in [9.17, 15) is 4.79 Å². The molecule has 0 aliphatic rings. The van der Waals surface area contributed by atoms with E-state index in [0.717, 1.165) is 5.56 Å². The van der Waals surface area contributed by atoms with Crippen molar-refractivity contribution in [2.24, 2.45) is 0 Å². The van der Waals surface area contributed by atoms with E-state index >= 15 is 0 Å². The second kappa shape index (κ2) is 5.31. The Kier molecular flexibility index (Phi) is 3.57. The van der Waals surface area contributed by atoms with Crippen LogP contribution >= 0.6 is 0 Å². The van der Waals surface area contributed by atoms with Gasteiger partial charge in [-0.3, -0.25) is 4.79 Å². The van der Waals surface area contributed by atoms with Gasteiger partial charge in [-0.1, -0.05) is 24.3 Å². The van der Waals surface area contributed by atoms with Crippen LogP contribution in [0, 0.1) is 6.92 Å². The van der Waals surface area contributed by atoms with Crippen LogP contribution in [0.4, 0.5) is 0 Å². The molecule has 0 saturated heterocycles. The largest absolute Gasteiger partial charge is 0.441 e. The number of rotatable bonds is 4. The van der Waals surface area contributed by atoms with E-state index in [1.165, 1.54) is 0 Å². The molecule has 0 fully saturated rings. The van der Waals surface area contributed by atoms with Gasteiger partial charge < -0.3 is 9.73 Å². The molecule has 92 valence electrons. The van der Waals surface area contributed by atoms with Crippen LogP contribution < -0.4 is 5.32 Å². The summed E-state index contributed by atoms with van der Waals surface area (Å²) in [5.74, 6) is 0.714. The Balaban J connectivity index is 2.27. The second-order valence-electron chi connectivity index (χ2n) is 3.79. The van der Waals surface area contributed by atoms with Crippen molar-refractivity contribution in [1.82, 2.24) is 10.3 Å². The number of amides is 1. The van der Waals surface area contributed by atoms with E-state index in [1.807, 2.05) is 30.3 Å². The predicted molar refractivity (Wildman–Crippen MR) is 69.2 cm³/mol. The van der Waals surface area contributed by atoms with E-state index in [-0.39, 0.29) is 5.91 Å². The number of aromatic nitrogens is 1. The molecule has 4 heteroatoms. The summed E-state index contributed by atoms with van der Waals surface area (Å²) in [7, 11) is 0. The zero-order valence-corrected chi connectivity index (χ0v) is 10.1. The monoisotopic (exact) mass is 242 g/mol. The van der Waals surface area contributed by atoms with Crippen LogP contribution in [-0.4, -0.2) is 17.4 Å². The number of carbonyl (C=O) groups is 1. The Labute approximate surface area is 105 Å². The van der Waals surface area contributed by atoms with Crippen molar-refractivity contribution in [2.75, 3.05) is 6.54 Å². The SMILES string of the molecule is C=CCNC(=O)c1nc(-c2ccccc2)oc1C. The van der Waals surface area contributed by atoms with Crippen molar-refractivity contribution >= 4 is 5.91 Å². The van der Waals surface area contributed by atoms with Gasteiger partial charge in [-0.25, -0.2) is 4.98 Å². The maximum absolute atomic E-state index is 11.8. The number of nitrogens with one attached hydrogen (secondary N) is 1. The lowest BCUT2D eigenvalue weighted by molar-refractivity contribution is 0.0952. The Bertz CT molecular complexity index is 558. The molecule has 2 rings (SSSR count). The number of hydrogen-bond donors (Lipinski definition) is 1. The third kappa shape index (κ3) is 2.48. The van der Waals surface area contributed by atoms with Crippen molar-refractivity contribution in [3.63, 3.8) is 0 Å². The van der Waals surface area contributed by atoms with Crippen LogP contribution in [-0.2, 0) is 0 Å². The van der Waals surface area contributed by atoms with Gasteiger partial charge >= 0.3 is 0 Å². The van der Waals surface area contributed by atoms with Crippen LogP contribution in [0.2, 0.25) is 0 Å². The fourth-order valence-corrected chi connectivity index (χ4v) is 1.56. The van der Waals surface area contributed by atoms with Crippen LogP contribution in [0.15, 0.2) is 47.4 Å². The topological polar surface area (TPSA) is 55.1 Å². The Hall–Kier alpha value is -2.36.